The Labute approximate surface area is 144 Å². The zero-order valence-corrected chi connectivity index (χ0v) is 14.9. The molecule has 0 saturated heterocycles. The number of halogens is 1. The van der Waals surface area contributed by atoms with Gasteiger partial charge in [0.05, 0.1) is 11.4 Å². The van der Waals surface area contributed by atoms with Crippen molar-refractivity contribution in [3.05, 3.63) is 41.0 Å². The first-order valence-electron chi connectivity index (χ1n) is 7.01. The van der Waals surface area contributed by atoms with Crippen LogP contribution in [-0.2, 0) is 14.8 Å². The van der Waals surface area contributed by atoms with Crippen LogP contribution in [-0.4, -0.2) is 42.4 Å². The Kier molecular flexibility index (Phi) is 5.58. The van der Waals surface area contributed by atoms with Crippen LogP contribution >= 0.6 is 11.6 Å². The summed E-state index contributed by atoms with van der Waals surface area (Å²) in [5.74, 6) is 0.219. The highest BCUT2D eigenvalue weighted by molar-refractivity contribution is 7.89. The zero-order chi connectivity index (χ0) is 17.9. The van der Waals surface area contributed by atoms with Crippen LogP contribution < -0.4 is 5.32 Å². The van der Waals surface area contributed by atoms with Crippen LogP contribution in [0.25, 0.3) is 0 Å². The van der Waals surface area contributed by atoms with E-state index < -0.39 is 22.0 Å². The highest BCUT2D eigenvalue weighted by Crippen LogP contribution is 2.17. The van der Waals surface area contributed by atoms with Crippen molar-refractivity contribution in [3.8, 4) is 0 Å². The highest BCUT2D eigenvalue weighted by atomic mass is 35.5. The molecule has 1 aromatic carbocycles. The van der Waals surface area contributed by atoms with Gasteiger partial charge in [-0.15, -0.1) is 0 Å². The quantitative estimate of drug-likeness (QED) is 0.824. The number of likely N-dealkylation sites (N-methyl/N-ethyl adjacent to an activating group) is 1. The topological polar surface area (TPSA) is 105 Å². The van der Waals surface area contributed by atoms with E-state index in [0.717, 1.165) is 4.31 Å². The van der Waals surface area contributed by atoms with Crippen LogP contribution in [0.4, 0.5) is 0 Å². The maximum absolute atomic E-state index is 12.4. The Morgan fingerprint density at radius 1 is 1.38 bits per heavy atom. The molecule has 0 aliphatic carbocycles. The predicted octanol–water partition coefficient (Wildman–Crippen LogP) is 1.53. The van der Waals surface area contributed by atoms with E-state index >= 15 is 0 Å². The summed E-state index contributed by atoms with van der Waals surface area (Å²) in [6, 6.07) is 5.20. The molecule has 2 aromatic rings. The first-order chi connectivity index (χ1) is 11.2. The molecule has 2 rings (SSSR count). The van der Waals surface area contributed by atoms with Crippen LogP contribution in [0, 0.1) is 6.92 Å². The number of hydrogen-bond acceptors (Lipinski definition) is 6. The SMILES string of the molecule is Cc1noc(C(C)NC(=O)CN(C)S(=O)(=O)c2ccc(Cl)cc2)n1. The van der Waals surface area contributed by atoms with E-state index in [4.69, 9.17) is 16.1 Å². The maximum atomic E-state index is 12.4. The molecular weight excluding hydrogens is 356 g/mol. The second-order valence-electron chi connectivity index (χ2n) is 5.18. The molecule has 10 heteroatoms. The van der Waals surface area contributed by atoms with Crippen molar-refractivity contribution in [2.75, 3.05) is 13.6 Å². The van der Waals surface area contributed by atoms with Crippen LogP contribution in [0.15, 0.2) is 33.7 Å². The molecule has 1 heterocycles. The Hall–Kier alpha value is -1.97. The lowest BCUT2D eigenvalue weighted by Gasteiger charge is -2.18. The molecule has 24 heavy (non-hydrogen) atoms. The molecule has 0 aliphatic rings. The molecular formula is C14H17ClN4O4S. The smallest absolute Gasteiger partial charge is 0.248 e. The van der Waals surface area contributed by atoms with E-state index in [9.17, 15) is 13.2 Å². The number of aryl methyl sites for hydroxylation is 1. The fraction of sp³-hybridized carbons (Fsp3) is 0.357. The van der Waals surface area contributed by atoms with E-state index in [1.807, 2.05) is 0 Å². The third kappa shape index (κ3) is 4.31. The summed E-state index contributed by atoms with van der Waals surface area (Å²) < 4.78 is 30.7. The number of aromatic nitrogens is 2. The molecule has 1 unspecified atom stereocenters. The number of hydrogen-bond donors (Lipinski definition) is 1. The standard InChI is InChI=1S/C14H17ClN4O4S/c1-9(14-17-10(2)18-23-14)16-13(20)8-19(3)24(21,22)12-6-4-11(15)5-7-12/h4-7,9H,8H2,1-3H3,(H,16,20). The first kappa shape index (κ1) is 18.4. The van der Waals surface area contributed by atoms with Gasteiger partial charge in [0.25, 0.3) is 0 Å². The maximum Gasteiger partial charge on any atom is 0.248 e. The molecule has 0 fully saturated rings. The monoisotopic (exact) mass is 372 g/mol. The summed E-state index contributed by atoms with van der Waals surface area (Å²) in [4.78, 5) is 16.1. The van der Waals surface area contributed by atoms with Gasteiger partial charge in [-0.25, -0.2) is 8.42 Å². The van der Waals surface area contributed by atoms with Gasteiger partial charge in [-0.2, -0.15) is 9.29 Å². The lowest BCUT2D eigenvalue weighted by Crippen LogP contribution is -2.39. The number of carbonyl (C=O) groups is 1. The number of amides is 1. The number of nitrogens with zero attached hydrogens (tertiary/aromatic N) is 3. The van der Waals surface area contributed by atoms with Crippen LogP contribution in [0.5, 0.6) is 0 Å². The second-order valence-corrected chi connectivity index (χ2v) is 7.67. The Morgan fingerprint density at radius 3 is 2.54 bits per heavy atom. The minimum absolute atomic E-state index is 0.0581. The Morgan fingerprint density at radius 2 is 2.00 bits per heavy atom. The predicted molar refractivity (Wildman–Crippen MR) is 86.9 cm³/mol. The van der Waals surface area contributed by atoms with Crippen molar-refractivity contribution >= 4 is 27.5 Å². The van der Waals surface area contributed by atoms with E-state index in [1.54, 1.807) is 13.8 Å². The van der Waals surface area contributed by atoms with E-state index in [1.165, 1.54) is 31.3 Å². The van der Waals surface area contributed by atoms with Crippen molar-refractivity contribution in [2.45, 2.75) is 24.8 Å². The lowest BCUT2D eigenvalue weighted by atomic mass is 10.3. The average molecular weight is 373 g/mol. The van der Waals surface area contributed by atoms with Crippen molar-refractivity contribution in [1.82, 2.24) is 19.8 Å². The number of nitrogens with one attached hydrogen (secondary N) is 1. The van der Waals surface area contributed by atoms with Crippen molar-refractivity contribution in [2.24, 2.45) is 0 Å². The molecule has 0 aliphatic heterocycles. The molecule has 8 nitrogen and oxygen atoms in total. The molecule has 1 amide bonds. The Balaban J connectivity index is 2.01. The van der Waals surface area contributed by atoms with E-state index in [2.05, 4.69) is 15.5 Å². The molecule has 1 atom stereocenters. The Bertz CT molecular complexity index is 820. The van der Waals surface area contributed by atoms with Gasteiger partial charge >= 0.3 is 0 Å². The van der Waals surface area contributed by atoms with Gasteiger partial charge in [-0.3, -0.25) is 4.79 Å². The van der Waals surface area contributed by atoms with Crippen molar-refractivity contribution in [1.29, 1.82) is 0 Å². The minimum Gasteiger partial charge on any atom is -0.343 e. The summed E-state index contributed by atoms with van der Waals surface area (Å²) >= 11 is 5.75. The van der Waals surface area contributed by atoms with Gasteiger partial charge in [0, 0.05) is 12.1 Å². The summed E-state index contributed by atoms with van der Waals surface area (Å²) in [5, 5.41) is 6.68. The molecule has 0 bridgehead atoms. The summed E-state index contributed by atoms with van der Waals surface area (Å²) in [6.07, 6.45) is 0. The van der Waals surface area contributed by atoms with Gasteiger partial charge in [0.2, 0.25) is 21.8 Å². The fourth-order valence-electron chi connectivity index (χ4n) is 1.91. The van der Waals surface area contributed by atoms with E-state index in [0.29, 0.717) is 10.8 Å². The first-order valence-corrected chi connectivity index (χ1v) is 8.83. The van der Waals surface area contributed by atoms with E-state index in [-0.39, 0.29) is 17.3 Å². The van der Waals surface area contributed by atoms with Gasteiger partial charge in [-0.1, -0.05) is 16.8 Å². The number of carbonyl (C=O) groups excluding carboxylic acids is 1. The molecule has 130 valence electrons. The molecule has 0 spiro atoms. The van der Waals surface area contributed by atoms with Gasteiger partial charge in [0.1, 0.15) is 6.04 Å². The second kappa shape index (κ2) is 7.29. The van der Waals surface area contributed by atoms with Crippen LogP contribution in [0.1, 0.15) is 24.7 Å². The number of benzene rings is 1. The fourth-order valence-corrected chi connectivity index (χ4v) is 3.16. The summed E-state index contributed by atoms with van der Waals surface area (Å²) in [7, 11) is -2.46. The third-order valence-corrected chi connectivity index (χ3v) is 5.25. The molecule has 0 radical (unpaired) electrons. The minimum atomic E-state index is -3.78. The summed E-state index contributed by atoms with van der Waals surface area (Å²) in [6.45, 7) is 2.98. The normalized spacial score (nSPS) is 13.0. The third-order valence-electron chi connectivity index (χ3n) is 3.18. The van der Waals surface area contributed by atoms with Gasteiger partial charge < -0.3 is 9.84 Å². The van der Waals surface area contributed by atoms with Crippen LogP contribution in [0.2, 0.25) is 5.02 Å². The zero-order valence-electron chi connectivity index (χ0n) is 13.4. The van der Waals surface area contributed by atoms with Crippen LogP contribution in [0.3, 0.4) is 0 Å². The van der Waals surface area contributed by atoms with Crippen molar-refractivity contribution < 1.29 is 17.7 Å². The number of rotatable bonds is 6. The molecule has 1 N–H and O–H groups in total. The van der Waals surface area contributed by atoms with Crippen molar-refractivity contribution in [3.63, 3.8) is 0 Å². The van der Waals surface area contributed by atoms with Gasteiger partial charge in [-0.05, 0) is 38.1 Å². The summed E-state index contributed by atoms with van der Waals surface area (Å²) in [5.41, 5.74) is 0. The molecule has 1 aromatic heterocycles. The highest BCUT2D eigenvalue weighted by Gasteiger charge is 2.24. The largest absolute Gasteiger partial charge is 0.343 e. The lowest BCUT2D eigenvalue weighted by molar-refractivity contribution is -0.121. The number of sulfonamides is 1. The average Bonchev–Trinajstić information content (AvgIpc) is 2.94. The molecule has 0 saturated carbocycles. The van der Waals surface area contributed by atoms with Gasteiger partial charge in [0.15, 0.2) is 5.82 Å².